The van der Waals surface area contributed by atoms with Gasteiger partial charge in [-0.3, -0.25) is 0 Å². The summed E-state index contributed by atoms with van der Waals surface area (Å²) in [4.78, 5) is 4.67. The van der Waals surface area contributed by atoms with Gasteiger partial charge in [-0.25, -0.2) is 9.38 Å². The SMILES string of the molecule is CC(C)[Si](C#C[C@]1(c2ccccc2F)N=C(N)O[C@@H]2COC[C@@H]21)(C(C)C)C(C)C. The first-order valence-electron chi connectivity index (χ1n) is 10.5. The van der Waals surface area contributed by atoms with E-state index in [4.69, 9.17) is 15.2 Å². The maximum Gasteiger partial charge on any atom is 0.284 e. The normalized spacial score (nSPS) is 26.8. The van der Waals surface area contributed by atoms with Gasteiger partial charge in [0.2, 0.25) is 0 Å². The van der Waals surface area contributed by atoms with Crippen molar-refractivity contribution < 1.29 is 13.9 Å². The minimum absolute atomic E-state index is 0.0558. The van der Waals surface area contributed by atoms with E-state index in [1.54, 1.807) is 12.1 Å². The summed E-state index contributed by atoms with van der Waals surface area (Å²) in [6.45, 7) is 14.4. The Balaban J connectivity index is 2.28. The van der Waals surface area contributed by atoms with Crippen LogP contribution in [0.4, 0.5) is 4.39 Å². The van der Waals surface area contributed by atoms with Gasteiger partial charge < -0.3 is 15.2 Å². The van der Waals surface area contributed by atoms with Crippen LogP contribution in [0.25, 0.3) is 0 Å². The Bertz CT molecular complexity index is 821. The number of hydrogen-bond donors (Lipinski definition) is 1. The van der Waals surface area contributed by atoms with Crippen LogP contribution >= 0.6 is 0 Å². The highest BCUT2D eigenvalue weighted by atomic mass is 28.3. The van der Waals surface area contributed by atoms with Crippen LogP contribution in [0.2, 0.25) is 16.6 Å². The number of hydrogen-bond acceptors (Lipinski definition) is 4. The fourth-order valence-corrected chi connectivity index (χ4v) is 10.6. The highest BCUT2D eigenvalue weighted by Crippen LogP contribution is 2.45. The summed E-state index contributed by atoms with van der Waals surface area (Å²) < 4.78 is 26.5. The molecule has 3 rings (SSSR count). The largest absolute Gasteiger partial charge is 0.459 e. The van der Waals surface area contributed by atoms with E-state index in [1.807, 2.05) is 6.07 Å². The van der Waals surface area contributed by atoms with Gasteiger partial charge in [0, 0.05) is 5.56 Å². The molecule has 29 heavy (non-hydrogen) atoms. The summed E-state index contributed by atoms with van der Waals surface area (Å²) in [7, 11) is -2.05. The van der Waals surface area contributed by atoms with Gasteiger partial charge >= 0.3 is 0 Å². The van der Waals surface area contributed by atoms with E-state index in [2.05, 4.69) is 58.0 Å². The van der Waals surface area contributed by atoms with Crippen molar-refractivity contribution in [3.63, 3.8) is 0 Å². The molecule has 158 valence electrons. The molecule has 6 heteroatoms. The molecular formula is C23H33FN2O2Si. The van der Waals surface area contributed by atoms with Crippen LogP contribution in [0, 0.1) is 23.2 Å². The number of fused-ring (bicyclic) bond motifs is 1. The minimum atomic E-state index is -2.05. The Morgan fingerprint density at radius 1 is 1.10 bits per heavy atom. The van der Waals surface area contributed by atoms with Crippen molar-refractivity contribution in [2.75, 3.05) is 13.2 Å². The van der Waals surface area contributed by atoms with Crippen LogP contribution < -0.4 is 5.73 Å². The zero-order chi connectivity index (χ0) is 21.4. The summed E-state index contributed by atoms with van der Waals surface area (Å²) in [6, 6.07) is 6.80. The van der Waals surface area contributed by atoms with Crippen molar-refractivity contribution >= 4 is 14.1 Å². The molecular weight excluding hydrogens is 383 g/mol. The summed E-state index contributed by atoms with van der Waals surface area (Å²) in [5.41, 5.74) is 10.6. The highest BCUT2D eigenvalue weighted by molar-refractivity contribution is 6.90. The fraction of sp³-hybridized carbons (Fsp3) is 0.609. The van der Waals surface area contributed by atoms with Gasteiger partial charge in [-0.05, 0) is 22.7 Å². The van der Waals surface area contributed by atoms with E-state index in [0.29, 0.717) is 35.4 Å². The average molecular weight is 417 g/mol. The van der Waals surface area contributed by atoms with Gasteiger partial charge in [-0.2, -0.15) is 0 Å². The fourth-order valence-electron chi connectivity index (χ4n) is 5.33. The Labute approximate surface area is 175 Å². The summed E-state index contributed by atoms with van der Waals surface area (Å²) in [5, 5.41) is 0. The van der Waals surface area contributed by atoms with Crippen molar-refractivity contribution in [3.05, 3.63) is 35.6 Å². The van der Waals surface area contributed by atoms with Crippen molar-refractivity contribution in [1.29, 1.82) is 0 Å². The molecule has 0 saturated carbocycles. The molecule has 1 aromatic carbocycles. The number of rotatable bonds is 4. The van der Waals surface area contributed by atoms with E-state index in [0.717, 1.165) is 0 Å². The van der Waals surface area contributed by atoms with Crippen LogP contribution in [0.1, 0.15) is 47.1 Å². The minimum Gasteiger partial charge on any atom is -0.459 e. The lowest BCUT2D eigenvalue weighted by Crippen LogP contribution is -2.49. The lowest BCUT2D eigenvalue weighted by Gasteiger charge is -2.40. The summed E-state index contributed by atoms with van der Waals surface area (Å²) in [5.74, 6) is 3.00. The molecule has 2 aliphatic rings. The smallest absolute Gasteiger partial charge is 0.284 e. The molecule has 2 N–H and O–H groups in total. The van der Waals surface area contributed by atoms with Crippen LogP contribution in [-0.2, 0) is 15.0 Å². The summed E-state index contributed by atoms with van der Waals surface area (Å²) >= 11 is 0. The Kier molecular flexibility index (Phi) is 6.12. The average Bonchev–Trinajstić information content (AvgIpc) is 3.10. The first kappa shape index (κ1) is 21.9. The first-order chi connectivity index (χ1) is 13.6. The monoisotopic (exact) mass is 416 g/mol. The maximum atomic E-state index is 15.1. The van der Waals surface area contributed by atoms with Crippen LogP contribution in [0.3, 0.4) is 0 Å². The lowest BCUT2D eigenvalue weighted by molar-refractivity contribution is 0.0940. The zero-order valence-electron chi connectivity index (χ0n) is 18.3. The second-order valence-electron chi connectivity index (χ2n) is 9.14. The molecule has 1 saturated heterocycles. The molecule has 0 unspecified atom stereocenters. The molecule has 0 radical (unpaired) electrons. The van der Waals surface area contributed by atoms with Crippen molar-refractivity contribution in [1.82, 2.24) is 0 Å². The Hall–Kier alpha value is -1.84. The predicted octanol–water partition coefficient (Wildman–Crippen LogP) is 4.60. The molecule has 0 aliphatic carbocycles. The molecule has 0 spiro atoms. The van der Waals surface area contributed by atoms with E-state index in [1.165, 1.54) is 6.07 Å². The number of nitrogens with zero attached hydrogens (tertiary/aromatic N) is 1. The van der Waals surface area contributed by atoms with Gasteiger partial charge in [0.1, 0.15) is 20.0 Å². The molecule has 1 aromatic rings. The molecule has 3 atom stereocenters. The van der Waals surface area contributed by atoms with Crippen LogP contribution in [0.5, 0.6) is 0 Å². The van der Waals surface area contributed by atoms with Crippen molar-refractivity contribution in [2.45, 2.75) is 69.8 Å². The van der Waals surface area contributed by atoms with Gasteiger partial charge in [0.15, 0.2) is 5.54 Å². The number of nitrogens with two attached hydrogens (primary N) is 1. The number of amidine groups is 1. The van der Waals surface area contributed by atoms with Gasteiger partial charge in [-0.1, -0.05) is 65.7 Å². The van der Waals surface area contributed by atoms with Gasteiger partial charge in [0.25, 0.3) is 6.02 Å². The Morgan fingerprint density at radius 2 is 1.72 bits per heavy atom. The topological polar surface area (TPSA) is 56.8 Å². The third-order valence-electron chi connectivity index (χ3n) is 6.74. The molecule has 2 heterocycles. The molecule has 0 aromatic heterocycles. The first-order valence-corrected chi connectivity index (χ1v) is 12.8. The van der Waals surface area contributed by atoms with Crippen LogP contribution in [0.15, 0.2) is 29.3 Å². The maximum absolute atomic E-state index is 15.1. The van der Waals surface area contributed by atoms with E-state index in [-0.39, 0.29) is 23.9 Å². The van der Waals surface area contributed by atoms with Crippen molar-refractivity contribution in [2.24, 2.45) is 16.6 Å². The Morgan fingerprint density at radius 3 is 2.31 bits per heavy atom. The van der Waals surface area contributed by atoms with E-state index < -0.39 is 13.6 Å². The molecule has 1 fully saturated rings. The van der Waals surface area contributed by atoms with E-state index in [9.17, 15) is 0 Å². The number of ether oxygens (including phenoxy) is 2. The number of benzene rings is 1. The number of aliphatic imine (C=N–C) groups is 1. The zero-order valence-corrected chi connectivity index (χ0v) is 19.3. The quantitative estimate of drug-likeness (QED) is 0.576. The molecule has 0 amide bonds. The molecule has 0 bridgehead atoms. The van der Waals surface area contributed by atoms with E-state index >= 15 is 4.39 Å². The third kappa shape index (κ3) is 3.60. The van der Waals surface area contributed by atoms with Crippen molar-refractivity contribution in [3.8, 4) is 11.5 Å². The van der Waals surface area contributed by atoms with Gasteiger partial charge in [-0.15, -0.1) is 5.54 Å². The second-order valence-corrected chi connectivity index (χ2v) is 14.7. The third-order valence-corrected chi connectivity index (χ3v) is 13.0. The molecule has 4 nitrogen and oxygen atoms in total. The standard InChI is InChI=1S/C23H33FN2O2Si/c1-15(2)29(16(3)4,17(5)6)12-11-23(18-9-7-8-10-20(18)24)19-13-27-14-21(19)28-22(25)26-23/h7-10,15-17,19,21H,13-14H2,1-6H3,(H2,25,26)/t19-,21+,23+/m0/s1. The van der Waals surface area contributed by atoms with Gasteiger partial charge in [0.05, 0.1) is 19.1 Å². The number of halogens is 1. The highest BCUT2D eigenvalue weighted by Gasteiger charge is 2.53. The molecule has 2 aliphatic heterocycles. The second kappa shape index (κ2) is 8.12. The lowest BCUT2D eigenvalue weighted by atomic mass is 9.76. The summed E-state index contributed by atoms with van der Waals surface area (Å²) in [6.07, 6.45) is -0.269. The van der Waals surface area contributed by atoms with Crippen LogP contribution in [-0.4, -0.2) is 33.4 Å². The predicted molar refractivity (Wildman–Crippen MR) is 118 cm³/mol.